The highest BCUT2D eigenvalue weighted by molar-refractivity contribution is 7.78. The number of oxazole rings is 2. The van der Waals surface area contributed by atoms with Gasteiger partial charge in [0.2, 0.25) is 17.7 Å². The van der Waals surface area contributed by atoms with Crippen LogP contribution in [0.3, 0.4) is 0 Å². The molecule has 0 atom stereocenters. The first-order valence-corrected chi connectivity index (χ1v) is 8.72. The van der Waals surface area contributed by atoms with Gasteiger partial charge in [0.25, 0.3) is 0 Å². The molecule has 10 heteroatoms. The number of aromatic nitrogens is 2. The summed E-state index contributed by atoms with van der Waals surface area (Å²) in [5.74, 6) is 0.704. The third kappa shape index (κ3) is 6.19. The summed E-state index contributed by atoms with van der Waals surface area (Å²) in [6, 6.07) is 0. The topological polar surface area (TPSA) is 122 Å². The molecule has 9 nitrogen and oxygen atoms in total. The standard InChI is InChI=1S/C17H24N6O3S/c1-11(14-9-25-17(21-14)8-20-13(3)24)19-7-16-22-15(10-26-16)12(2)23(27)6-4-5-18/h9-10,19,27H,1-2,4-8,18H2,3H3,(H,20,24). The Morgan fingerprint density at radius 3 is 2.41 bits per heavy atom. The van der Waals surface area contributed by atoms with E-state index in [9.17, 15) is 4.79 Å². The summed E-state index contributed by atoms with van der Waals surface area (Å²) in [7, 11) is 0. The lowest BCUT2D eigenvalue weighted by Crippen LogP contribution is -2.19. The van der Waals surface area contributed by atoms with Gasteiger partial charge in [0.15, 0.2) is 0 Å². The molecule has 27 heavy (non-hydrogen) atoms. The smallest absolute Gasteiger partial charge is 0.217 e. The van der Waals surface area contributed by atoms with Gasteiger partial charge in [-0.3, -0.25) is 4.79 Å². The van der Waals surface area contributed by atoms with Gasteiger partial charge in [-0.2, -0.15) is 0 Å². The number of hydrogen-bond acceptors (Lipinski definition) is 9. The van der Waals surface area contributed by atoms with E-state index < -0.39 is 0 Å². The molecule has 146 valence electrons. The maximum Gasteiger partial charge on any atom is 0.217 e. The lowest BCUT2D eigenvalue weighted by Gasteiger charge is -2.17. The third-order valence-electron chi connectivity index (χ3n) is 3.54. The average Bonchev–Trinajstić information content (AvgIpc) is 3.31. The van der Waals surface area contributed by atoms with Gasteiger partial charge in [-0.15, -0.1) is 0 Å². The van der Waals surface area contributed by atoms with Crippen molar-refractivity contribution in [2.45, 2.75) is 26.4 Å². The minimum Gasteiger partial charge on any atom is -0.446 e. The second-order valence-electron chi connectivity index (χ2n) is 5.71. The lowest BCUT2D eigenvalue weighted by molar-refractivity contribution is -0.119. The van der Waals surface area contributed by atoms with Gasteiger partial charge >= 0.3 is 0 Å². The quantitative estimate of drug-likeness (QED) is 0.425. The first kappa shape index (κ1) is 20.6. The predicted molar refractivity (Wildman–Crippen MR) is 105 cm³/mol. The Kier molecular flexibility index (Phi) is 7.50. The summed E-state index contributed by atoms with van der Waals surface area (Å²) < 4.78 is 12.4. The highest BCUT2D eigenvalue weighted by Crippen LogP contribution is 2.19. The van der Waals surface area contributed by atoms with Crippen molar-refractivity contribution in [3.8, 4) is 0 Å². The Labute approximate surface area is 163 Å². The highest BCUT2D eigenvalue weighted by atomic mass is 32.1. The molecule has 2 aromatic rings. The fourth-order valence-electron chi connectivity index (χ4n) is 2.04. The molecular formula is C17H24N6O3S. The molecule has 0 unspecified atom stereocenters. The van der Waals surface area contributed by atoms with Crippen LogP contribution in [0, 0.1) is 0 Å². The van der Waals surface area contributed by atoms with E-state index in [1.165, 1.54) is 19.5 Å². The SMILES string of the molecule is C=C(NCc1nc(C(=C)N(S)CCCN)co1)c1coc(CNC(C)=O)n1. The van der Waals surface area contributed by atoms with Crippen LogP contribution in [-0.4, -0.2) is 33.3 Å². The largest absolute Gasteiger partial charge is 0.446 e. The van der Waals surface area contributed by atoms with Gasteiger partial charge < -0.3 is 29.5 Å². The van der Waals surface area contributed by atoms with Crippen molar-refractivity contribution >= 4 is 30.1 Å². The zero-order valence-electron chi connectivity index (χ0n) is 15.2. The van der Waals surface area contributed by atoms with Gasteiger partial charge in [-0.05, 0) is 13.0 Å². The van der Waals surface area contributed by atoms with Crippen LogP contribution < -0.4 is 16.4 Å². The molecule has 0 radical (unpaired) electrons. The molecule has 0 aliphatic rings. The van der Waals surface area contributed by atoms with Crippen LogP contribution >= 0.6 is 12.8 Å². The van der Waals surface area contributed by atoms with Crippen LogP contribution in [0.5, 0.6) is 0 Å². The van der Waals surface area contributed by atoms with Gasteiger partial charge in [0.1, 0.15) is 23.9 Å². The second-order valence-corrected chi connectivity index (χ2v) is 6.19. The zero-order chi connectivity index (χ0) is 19.8. The Morgan fingerprint density at radius 2 is 1.78 bits per heavy atom. The number of nitrogens with two attached hydrogens (primary N) is 1. The van der Waals surface area contributed by atoms with E-state index in [1.807, 2.05) is 0 Å². The van der Waals surface area contributed by atoms with Crippen molar-refractivity contribution in [2.24, 2.45) is 5.73 Å². The summed E-state index contributed by atoms with van der Waals surface area (Å²) in [4.78, 5) is 19.5. The van der Waals surface area contributed by atoms with E-state index in [2.05, 4.69) is 46.6 Å². The van der Waals surface area contributed by atoms with Crippen molar-refractivity contribution in [3.63, 3.8) is 0 Å². The predicted octanol–water partition coefficient (Wildman–Crippen LogP) is 1.53. The number of nitrogens with one attached hydrogen (secondary N) is 2. The van der Waals surface area contributed by atoms with Crippen LogP contribution in [0.4, 0.5) is 0 Å². The molecule has 0 bridgehead atoms. The van der Waals surface area contributed by atoms with Gasteiger partial charge in [-0.1, -0.05) is 26.0 Å². The van der Waals surface area contributed by atoms with Crippen molar-refractivity contribution in [1.82, 2.24) is 24.9 Å². The molecule has 4 N–H and O–H groups in total. The number of thiol groups is 1. The Bertz CT molecular complexity index is 800. The summed E-state index contributed by atoms with van der Waals surface area (Å²) in [6.07, 6.45) is 3.79. The summed E-state index contributed by atoms with van der Waals surface area (Å²) in [6.45, 7) is 11.1. The highest BCUT2D eigenvalue weighted by Gasteiger charge is 2.13. The first-order chi connectivity index (χ1) is 12.9. The average molecular weight is 392 g/mol. The van der Waals surface area contributed by atoms with Crippen molar-refractivity contribution in [3.05, 3.63) is 48.9 Å². The maximum atomic E-state index is 10.9. The maximum absolute atomic E-state index is 10.9. The van der Waals surface area contributed by atoms with Crippen LogP contribution in [0.15, 0.2) is 34.5 Å². The van der Waals surface area contributed by atoms with Gasteiger partial charge in [-0.25, -0.2) is 9.97 Å². The molecule has 0 aliphatic heterocycles. The summed E-state index contributed by atoms with van der Waals surface area (Å²) in [5, 5.41) is 5.68. The molecule has 1 amide bonds. The number of amides is 1. The van der Waals surface area contributed by atoms with Gasteiger partial charge in [0.05, 0.1) is 24.5 Å². The van der Waals surface area contributed by atoms with Crippen LogP contribution in [0.1, 0.15) is 36.5 Å². The molecule has 0 aliphatic carbocycles. The van der Waals surface area contributed by atoms with Crippen molar-refractivity contribution < 1.29 is 13.6 Å². The van der Waals surface area contributed by atoms with Crippen LogP contribution in [0.25, 0.3) is 11.4 Å². The molecule has 2 aromatic heterocycles. The normalized spacial score (nSPS) is 10.5. The van der Waals surface area contributed by atoms with E-state index in [-0.39, 0.29) is 12.5 Å². The van der Waals surface area contributed by atoms with Crippen molar-refractivity contribution in [2.75, 3.05) is 13.1 Å². The third-order valence-corrected chi connectivity index (χ3v) is 3.98. The minimum absolute atomic E-state index is 0.157. The number of nitrogens with zero attached hydrogens (tertiary/aromatic N) is 3. The fraction of sp³-hybridized carbons (Fsp3) is 0.353. The molecule has 2 rings (SSSR count). The molecule has 0 fully saturated rings. The Morgan fingerprint density at radius 1 is 1.19 bits per heavy atom. The molecule has 0 aromatic carbocycles. The molecular weight excluding hydrogens is 368 g/mol. The number of hydrogen-bond donors (Lipinski definition) is 4. The fourth-order valence-corrected chi connectivity index (χ4v) is 2.28. The van der Waals surface area contributed by atoms with E-state index in [0.29, 0.717) is 54.2 Å². The van der Waals surface area contributed by atoms with Gasteiger partial charge in [0, 0.05) is 13.5 Å². The minimum atomic E-state index is -0.157. The lowest BCUT2D eigenvalue weighted by atomic mass is 10.3. The summed E-state index contributed by atoms with van der Waals surface area (Å²) in [5.41, 5.74) is 7.82. The molecule has 0 spiro atoms. The van der Waals surface area contributed by atoms with Crippen molar-refractivity contribution in [1.29, 1.82) is 0 Å². The molecule has 0 saturated carbocycles. The van der Waals surface area contributed by atoms with Crippen LogP contribution in [0.2, 0.25) is 0 Å². The molecule has 2 heterocycles. The van der Waals surface area contributed by atoms with E-state index in [0.717, 1.165) is 6.42 Å². The van der Waals surface area contributed by atoms with Crippen LogP contribution in [-0.2, 0) is 17.9 Å². The Hall–Kier alpha value is -2.72. The number of carbonyl (C=O) groups is 1. The first-order valence-electron chi connectivity index (χ1n) is 8.32. The number of rotatable bonds is 11. The Balaban J connectivity index is 1.86. The van der Waals surface area contributed by atoms with E-state index in [1.54, 1.807) is 4.31 Å². The van der Waals surface area contributed by atoms with E-state index in [4.69, 9.17) is 14.6 Å². The monoisotopic (exact) mass is 392 g/mol. The number of carbonyl (C=O) groups excluding carboxylic acids is 1. The van der Waals surface area contributed by atoms with E-state index >= 15 is 0 Å². The second kappa shape index (κ2) is 9.83. The molecule has 0 saturated heterocycles. The summed E-state index contributed by atoms with van der Waals surface area (Å²) >= 11 is 4.37. The zero-order valence-corrected chi connectivity index (χ0v) is 16.1.